The number of piperazine rings is 1. The normalized spacial score (nSPS) is 26.9. The molecule has 3 nitrogen and oxygen atoms in total. The molecule has 3 rings (SSSR count). The van der Waals surface area contributed by atoms with E-state index < -0.39 is 0 Å². The van der Waals surface area contributed by atoms with Crippen molar-refractivity contribution in [1.82, 2.24) is 9.80 Å². The SMILES string of the molecule is CC(c1ccccc1O)N1CCN2CCCCC2C1. The summed E-state index contributed by atoms with van der Waals surface area (Å²) in [7, 11) is 0. The van der Waals surface area contributed by atoms with Crippen molar-refractivity contribution in [1.29, 1.82) is 0 Å². The van der Waals surface area contributed by atoms with Crippen LogP contribution in [0.2, 0.25) is 0 Å². The maximum atomic E-state index is 10.0. The summed E-state index contributed by atoms with van der Waals surface area (Å²) in [5, 5.41) is 10.0. The topological polar surface area (TPSA) is 26.7 Å². The van der Waals surface area contributed by atoms with Gasteiger partial charge in [0.1, 0.15) is 5.75 Å². The predicted molar refractivity (Wildman–Crippen MR) is 77.3 cm³/mol. The predicted octanol–water partition coefficient (Wildman–Crippen LogP) is 2.62. The van der Waals surface area contributed by atoms with Crippen LogP contribution in [0.4, 0.5) is 0 Å². The number of hydrogen-bond acceptors (Lipinski definition) is 3. The van der Waals surface area contributed by atoms with E-state index in [4.69, 9.17) is 0 Å². The van der Waals surface area contributed by atoms with Crippen LogP contribution in [0, 0.1) is 0 Å². The molecule has 0 amide bonds. The van der Waals surface area contributed by atoms with Gasteiger partial charge in [0.15, 0.2) is 0 Å². The van der Waals surface area contributed by atoms with Gasteiger partial charge in [0, 0.05) is 37.3 Å². The molecule has 0 aromatic heterocycles. The van der Waals surface area contributed by atoms with Gasteiger partial charge in [-0.15, -0.1) is 0 Å². The largest absolute Gasteiger partial charge is 0.508 e. The lowest BCUT2D eigenvalue weighted by Gasteiger charge is -2.46. The Morgan fingerprint density at radius 1 is 1.16 bits per heavy atom. The van der Waals surface area contributed by atoms with Gasteiger partial charge in [-0.05, 0) is 32.4 Å². The van der Waals surface area contributed by atoms with Gasteiger partial charge in [-0.3, -0.25) is 9.80 Å². The summed E-state index contributed by atoms with van der Waals surface area (Å²) in [6, 6.07) is 8.80. The highest BCUT2D eigenvalue weighted by atomic mass is 16.3. The summed E-state index contributed by atoms with van der Waals surface area (Å²) < 4.78 is 0. The molecule has 2 aliphatic heterocycles. The van der Waals surface area contributed by atoms with E-state index in [0.29, 0.717) is 11.8 Å². The summed E-state index contributed by atoms with van der Waals surface area (Å²) in [6.07, 6.45) is 4.08. The summed E-state index contributed by atoms with van der Waals surface area (Å²) in [6.45, 7) is 6.95. The first kappa shape index (κ1) is 12.9. The molecule has 2 heterocycles. The lowest BCUT2D eigenvalue weighted by atomic mass is 9.97. The Bertz CT molecular complexity index is 435. The van der Waals surface area contributed by atoms with E-state index in [2.05, 4.69) is 16.7 Å². The van der Waals surface area contributed by atoms with Crippen LogP contribution >= 0.6 is 0 Å². The number of piperidine rings is 1. The van der Waals surface area contributed by atoms with Gasteiger partial charge in [-0.25, -0.2) is 0 Å². The summed E-state index contributed by atoms with van der Waals surface area (Å²) in [5.74, 6) is 0.432. The van der Waals surface area contributed by atoms with E-state index in [-0.39, 0.29) is 0 Å². The zero-order chi connectivity index (χ0) is 13.2. The second-order valence-electron chi connectivity index (χ2n) is 5.92. The Kier molecular flexibility index (Phi) is 3.76. The molecule has 0 aliphatic carbocycles. The van der Waals surface area contributed by atoms with Crippen LogP contribution in [0.5, 0.6) is 5.75 Å². The van der Waals surface area contributed by atoms with E-state index in [1.807, 2.05) is 18.2 Å². The molecule has 2 saturated heterocycles. The summed E-state index contributed by atoms with van der Waals surface area (Å²) in [4.78, 5) is 5.18. The van der Waals surface area contributed by atoms with Crippen LogP contribution in [0.25, 0.3) is 0 Å². The lowest BCUT2D eigenvalue weighted by molar-refractivity contribution is 0.0303. The molecular formula is C16H24N2O. The highest BCUT2D eigenvalue weighted by Crippen LogP contribution is 2.31. The van der Waals surface area contributed by atoms with E-state index in [1.165, 1.54) is 32.4 Å². The Morgan fingerprint density at radius 3 is 2.84 bits per heavy atom. The molecule has 0 bridgehead atoms. The molecule has 19 heavy (non-hydrogen) atoms. The molecule has 3 heteroatoms. The lowest BCUT2D eigenvalue weighted by Crippen LogP contribution is -2.55. The molecule has 0 radical (unpaired) electrons. The third-order valence-electron chi connectivity index (χ3n) is 4.80. The molecule has 1 aromatic carbocycles. The Balaban J connectivity index is 1.71. The standard InChI is InChI=1S/C16H24N2O/c1-13(15-7-2-3-8-16(15)19)18-11-10-17-9-5-4-6-14(17)12-18/h2-3,7-8,13-14,19H,4-6,9-12H2,1H3. The number of nitrogens with zero attached hydrogens (tertiary/aromatic N) is 2. The van der Waals surface area contributed by atoms with Crippen LogP contribution in [0.3, 0.4) is 0 Å². The smallest absolute Gasteiger partial charge is 0.120 e. The molecule has 2 aliphatic rings. The van der Waals surface area contributed by atoms with Crippen molar-refractivity contribution in [2.75, 3.05) is 26.2 Å². The van der Waals surface area contributed by atoms with Gasteiger partial charge in [-0.1, -0.05) is 24.6 Å². The molecule has 0 saturated carbocycles. The van der Waals surface area contributed by atoms with Gasteiger partial charge < -0.3 is 5.11 Å². The van der Waals surface area contributed by atoms with Crippen LogP contribution < -0.4 is 0 Å². The van der Waals surface area contributed by atoms with Crippen molar-refractivity contribution in [2.45, 2.75) is 38.3 Å². The minimum absolute atomic E-state index is 0.310. The Hall–Kier alpha value is -1.06. The number of phenolic OH excluding ortho intramolecular Hbond substituents is 1. The second kappa shape index (κ2) is 5.51. The fourth-order valence-corrected chi connectivity index (χ4v) is 3.57. The third-order valence-corrected chi connectivity index (χ3v) is 4.80. The molecular weight excluding hydrogens is 236 g/mol. The van der Waals surface area contributed by atoms with Crippen LogP contribution in [-0.4, -0.2) is 47.1 Å². The quantitative estimate of drug-likeness (QED) is 0.885. The first-order chi connectivity index (χ1) is 9.25. The van der Waals surface area contributed by atoms with Crippen LogP contribution in [0.15, 0.2) is 24.3 Å². The maximum Gasteiger partial charge on any atom is 0.120 e. The van der Waals surface area contributed by atoms with Crippen LogP contribution in [-0.2, 0) is 0 Å². The fourth-order valence-electron chi connectivity index (χ4n) is 3.57. The molecule has 2 fully saturated rings. The maximum absolute atomic E-state index is 10.0. The number of hydrogen-bond donors (Lipinski definition) is 1. The van der Waals surface area contributed by atoms with Gasteiger partial charge in [-0.2, -0.15) is 0 Å². The number of para-hydroxylation sites is 1. The summed E-state index contributed by atoms with van der Waals surface area (Å²) in [5.41, 5.74) is 1.06. The molecule has 1 aromatic rings. The highest BCUT2D eigenvalue weighted by Gasteiger charge is 2.31. The number of benzene rings is 1. The average molecular weight is 260 g/mol. The number of phenols is 1. The minimum atomic E-state index is 0.310. The van der Waals surface area contributed by atoms with Crippen molar-refractivity contribution in [3.05, 3.63) is 29.8 Å². The monoisotopic (exact) mass is 260 g/mol. The molecule has 2 atom stereocenters. The van der Waals surface area contributed by atoms with Crippen molar-refractivity contribution >= 4 is 0 Å². The zero-order valence-electron chi connectivity index (χ0n) is 11.8. The van der Waals surface area contributed by atoms with Crippen molar-refractivity contribution in [2.24, 2.45) is 0 Å². The van der Waals surface area contributed by atoms with Crippen molar-refractivity contribution in [3.8, 4) is 5.75 Å². The van der Waals surface area contributed by atoms with Gasteiger partial charge in [0.2, 0.25) is 0 Å². The Labute approximate surface area is 115 Å². The van der Waals surface area contributed by atoms with Gasteiger partial charge >= 0.3 is 0 Å². The second-order valence-corrected chi connectivity index (χ2v) is 5.92. The van der Waals surface area contributed by atoms with Gasteiger partial charge in [0.25, 0.3) is 0 Å². The van der Waals surface area contributed by atoms with Crippen LogP contribution in [0.1, 0.15) is 37.8 Å². The first-order valence-electron chi connectivity index (χ1n) is 7.51. The fraction of sp³-hybridized carbons (Fsp3) is 0.625. The third kappa shape index (κ3) is 2.63. The number of fused-ring (bicyclic) bond motifs is 1. The van der Waals surface area contributed by atoms with Gasteiger partial charge in [0.05, 0.1) is 0 Å². The Morgan fingerprint density at radius 2 is 2.00 bits per heavy atom. The number of aromatic hydroxyl groups is 1. The number of rotatable bonds is 2. The van der Waals surface area contributed by atoms with E-state index >= 15 is 0 Å². The average Bonchev–Trinajstić information content (AvgIpc) is 2.46. The summed E-state index contributed by atoms with van der Waals surface area (Å²) >= 11 is 0. The molecule has 2 unspecified atom stereocenters. The zero-order valence-corrected chi connectivity index (χ0v) is 11.8. The molecule has 104 valence electrons. The molecule has 0 spiro atoms. The first-order valence-corrected chi connectivity index (χ1v) is 7.51. The minimum Gasteiger partial charge on any atom is -0.508 e. The van der Waals surface area contributed by atoms with E-state index in [0.717, 1.165) is 24.7 Å². The van der Waals surface area contributed by atoms with E-state index in [9.17, 15) is 5.11 Å². The van der Waals surface area contributed by atoms with Crippen molar-refractivity contribution in [3.63, 3.8) is 0 Å². The molecule has 1 N–H and O–H groups in total. The van der Waals surface area contributed by atoms with Crippen molar-refractivity contribution < 1.29 is 5.11 Å². The highest BCUT2D eigenvalue weighted by molar-refractivity contribution is 5.34. The van der Waals surface area contributed by atoms with E-state index in [1.54, 1.807) is 6.07 Å².